The summed E-state index contributed by atoms with van der Waals surface area (Å²) >= 11 is 5.77. The molecule has 0 saturated heterocycles. The molecule has 1 rings (SSSR count). The zero-order valence-corrected chi connectivity index (χ0v) is 12.3. The molecule has 0 unspecified atom stereocenters. The standard InChI is InChI=1S/C15H17ClO4/c1-11(2)8-9-19-14(17)6-7-15(18)20-13-5-3-4-12(16)10-13/h3-5,8,10H,6-7,9H2,1-2H3. The highest BCUT2D eigenvalue weighted by atomic mass is 35.5. The molecular weight excluding hydrogens is 280 g/mol. The second-order valence-electron chi connectivity index (χ2n) is 4.40. The van der Waals surface area contributed by atoms with Crippen LogP contribution in [-0.4, -0.2) is 18.5 Å². The highest BCUT2D eigenvalue weighted by Gasteiger charge is 2.10. The quantitative estimate of drug-likeness (QED) is 0.458. The van der Waals surface area contributed by atoms with Gasteiger partial charge in [-0.3, -0.25) is 9.59 Å². The monoisotopic (exact) mass is 296 g/mol. The fourth-order valence-corrected chi connectivity index (χ4v) is 1.47. The third kappa shape index (κ3) is 6.95. The Morgan fingerprint density at radius 2 is 1.90 bits per heavy atom. The lowest BCUT2D eigenvalue weighted by atomic mass is 10.3. The third-order valence-corrected chi connectivity index (χ3v) is 2.53. The fraction of sp³-hybridized carbons (Fsp3) is 0.333. The number of carbonyl (C=O) groups excluding carboxylic acids is 2. The van der Waals surface area contributed by atoms with Gasteiger partial charge < -0.3 is 9.47 Å². The number of esters is 2. The second-order valence-corrected chi connectivity index (χ2v) is 4.83. The third-order valence-electron chi connectivity index (χ3n) is 2.30. The number of carbonyl (C=O) groups is 2. The largest absolute Gasteiger partial charge is 0.461 e. The van der Waals surface area contributed by atoms with Crippen molar-refractivity contribution in [2.45, 2.75) is 26.7 Å². The van der Waals surface area contributed by atoms with Crippen LogP contribution in [0.5, 0.6) is 5.75 Å². The lowest BCUT2D eigenvalue weighted by molar-refractivity contribution is -0.146. The highest BCUT2D eigenvalue weighted by Crippen LogP contribution is 2.17. The lowest BCUT2D eigenvalue weighted by Gasteiger charge is -2.05. The van der Waals surface area contributed by atoms with Crippen LogP contribution < -0.4 is 4.74 Å². The number of benzene rings is 1. The summed E-state index contributed by atoms with van der Waals surface area (Å²) in [5.41, 5.74) is 1.07. The summed E-state index contributed by atoms with van der Waals surface area (Å²) in [4.78, 5) is 22.9. The molecule has 0 heterocycles. The van der Waals surface area contributed by atoms with Crippen LogP contribution in [0.3, 0.4) is 0 Å². The summed E-state index contributed by atoms with van der Waals surface area (Å²) in [7, 11) is 0. The van der Waals surface area contributed by atoms with Gasteiger partial charge in [-0.1, -0.05) is 23.2 Å². The number of hydrogen-bond acceptors (Lipinski definition) is 4. The average Bonchev–Trinajstić information content (AvgIpc) is 2.36. The van der Waals surface area contributed by atoms with Crippen molar-refractivity contribution in [3.05, 3.63) is 40.9 Å². The van der Waals surface area contributed by atoms with E-state index in [1.165, 1.54) is 6.07 Å². The number of hydrogen-bond donors (Lipinski definition) is 0. The van der Waals surface area contributed by atoms with E-state index < -0.39 is 11.9 Å². The zero-order chi connectivity index (χ0) is 15.0. The predicted molar refractivity (Wildman–Crippen MR) is 76.7 cm³/mol. The predicted octanol–water partition coefficient (Wildman–Crippen LogP) is 3.54. The van der Waals surface area contributed by atoms with Crippen LogP contribution in [0.4, 0.5) is 0 Å². The second kappa shape index (κ2) is 8.38. The van der Waals surface area contributed by atoms with Crippen LogP contribution in [0, 0.1) is 0 Å². The average molecular weight is 297 g/mol. The van der Waals surface area contributed by atoms with E-state index in [0.717, 1.165) is 5.57 Å². The molecule has 0 aromatic heterocycles. The lowest BCUT2D eigenvalue weighted by Crippen LogP contribution is -2.12. The van der Waals surface area contributed by atoms with Crippen LogP contribution in [0.25, 0.3) is 0 Å². The van der Waals surface area contributed by atoms with Gasteiger partial charge in [0, 0.05) is 5.02 Å². The van der Waals surface area contributed by atoms with Crippen molar-refractivity contribution in [2.24, 2.45) is 0 Å². The Morgan fingerprint density at radius 3 is 2.55 bits per heavy atom. The Balaban J connectivity index is 2.29. The number of rotatable bonds is 6. The van der Waals surface area contributed by atoms with Crippen molar-refractivity contribution in [3.63, 3.8) is 0 Å². The molecule has 1 aromatic carbocycles. The summed E-state index contributed by atoms with van der Waals surface area (Å²) in [5.74, 6) is -0.558. The summed E-state index contributed by atoms with van der Waals surface area (Å²) < 4.78 is 9.97. The maximum Gasteiger partial charge on any atom is 0.311 e. The molecule has 0 bridgehead atoms. The maximum atomic E-state index is 11.5. The van der Waals surface area contributed by atoms with Crippen LogP contribution in [0.2, 0.25) is 5.02 Å². The Labute approximate surface area is 123 Å². The van der Waals surface area contributed by atoms with E-state index in [9.17, 15) is 9.59 Å². The summed E-state index contributed by atoms with van der Waals surface area (Å²) in [6.45, 7) is 4.05. The molecule has 0 aliphatic heterocycles. The zero-order valence-electron chi connectivity index (χ0n) is 11.5. The molecule has 20 heavy (non-hydrogen) atoms. The minimum Gasteiger partial charge on any atom is -0.461 e. The first-order valence-electron chi connectivity index (χ1n) is 6.22. The summed E-state index contributed by atoms with van der Waals surface area (Å²) in [6.07, 6.45) is 1.76. The molecule has 0 aliphatic carbocycles. The number of allylic oxidation sites excluding steroid dienone is 1. The number of ether oxygens (including phenoxy) is 2. The molecule has 0 amide bonds. The van der Waals surface area contributed by atoms with Gasteiger partial charge in [-0.05, 0) is 38.1 Å². The maximum absolute atomic E-state index is 11.5. The normalized spacial score (nSPS) is 9.75. The highest BCUT2D eigenvalue weighted by molar-refractivity contribution is 6.30. The van der Waals surface area contributed by atoms with Gasteiger partial charge in [-0.15, -0.1) is 0 Å². The van der Waals surface area contributed by atoms with Gasteiger partial charge in [0.1, 0.15) is 12.4 Å². The molecule has 0 aliphatic rings. The molecule has 0 radical (unpaired) electrons. The van der Waals surface area contributed by atoms with Crippen molar-refractivity contribution < 1.29 is 19.1 Å². The van der Waals surface area contributed by atoms with E-state index in [1.54, 1.807) is 24.3 Å². The van der Waals surface area contributed by atoms with Crippen molar-refractivity contribution in [1.29, 1.82) is 0 Å². The van der Waals surface area contributed by atoms with Gasteiger partial charge in [0.15, 0.2) is 0 Å². The van der Waals surface area contributed by atoms with Crippen molar-refractivity contribution in [2.75, 3.05) is 6.61 Å². The van der Waals surface area contributed by atoms with Crippen molar-refractivity contribution in [1.82, 2.24) is 0 Å². The van der Waals surface area contributed by atoms with Gasteiger partial charge in [-0.25, -0.2) is 0 Å². The molecule has 108 valence electrons. The molecule has 0 saturated carbocycles. The summed E-state index contributed by atoms with van der Waals surface area (Å²) in [6, 6.07) is 6.52. The Morgan fingerprint density at radius 1 is 1.20 bits per heavy atom. The molecule has 4 nitrogen and oxygen atoms in total. The molecule has 0 spiro atoms. The van der Waals surface area contributed by atoms with E-state index in [0.29, 0.717) is 10.8 Å². The summed E-state index contributed by atoms with van der Waals surface area (Å²) in [5, 5.41) is 0.483. The van der Waals surface area contributed by atoms with E-state index >= 15 is 0 Å². The van der Waals surface area contributed by atoms with Gasteiger partial charge >= 0.3 is 11.9 Å². The van der Waals surface area contributed by atoms with Crippen LogP contribution in [-0.2, 0) is 14.3 Å². The van der Waals surface area contributed by atoms with Crippen LogP contribution >= 0.6 is 11.6 Å². The molecule has 0 N–H and O–H groups in total. The Kier molecular flexibility index (Phi) is 6.81. The van der Waals surface area contributed by atoms with Crippen molar-refractivity contribution in [3.8, 4) is 5.75 Å². The Hall–Kier alpha value is -1.81. The van der Waals surface area contributed by atoms with Gasteiger partial charge in [0.25, 0.3) is 0 Å². The molecule has 5 heteroatoms. The SMILES string of the molecule is CC(C)=CCOC(=O)CCC(=O)Oc1cccc(Cl)c1. The molecule has 0 atom stereocenters. The van der Waals surface area contributed by atoms with E-state index in [2.05, 4.69) is 0 Å². The van der Waals surface area contributed by atoms with Gasteiger partial charge in [0.05, 0.1) is 12.8 Å². The minimum atomic E-state index is -0.494. The minimum absolute atomic E-state index is 0.00397. The van der Waals surface area contributed by atoms with Crippen molar-refractivity contribution >= 4 is 23.5 Å². The van der Waals surface area contributed by atoms with E-state index in [-0.39, 0.29) is 19.4 Å². The molecular formula is C15H17ClO4. The number of halogens is 1. The van der Waals surface area contributed by atoms with Gasteiger partial charge in [0.2, 0.25) is 0 Å². The Bertz CT molecular complexity index is 504. The van der Waals surface area contributed by atoms with Gasteiger partial charge in [-0.2, -0.15) is 0 Å². The first-order chi connectivity index (χ1) is 9.47. The van der Waals surface area contributed by atoms with E-state index in [4.69, 9.17) is 21.1 Å². The van der Waals surface area contributed by atoms with Crippen LogP contribution in [0.15, 0.2) is 35.9 Å². The molecule has 0 fully saturated rings. The smallest absolute Gasteiger partial charge is 0.311 e. The topological polar surface area (TPSA) is 52.6 Å². The van der Waals surface area contributed by atoms with Crippen LogP contribution in [0.1, 0.15) is 26.7 Å². The first-order valence-corrected chi connectivity index (χ1v) is 6.60. The fourth-order valence-electron chi connectivity index (χ4n) is 1.29. The molecule has 1 aromatic rings. The first kappa shape index (κ1) is 16.2. The van der Waals surface area contributed by atoms with E-state index in [1.807, 2.05) is 13.8 Å².